The summed E-state index contributed by atoms with van der Waals surface area (Å²) in [5.41, 5.74) is 7.54. The molecule has 0 radical (unpaired) electrons. The normalized spacial score (nSPS) is 42.8. The first-order chi connectivity index (χ1) is 17.9. The van der Waals surface area contributed by atoms with Crippen molar-refractivity contribution >= 4 is 12.1 Å². The van der Waals surface area contributed by atoms with E-state index in [4.69, 9.17) is 10.5 Å². The van der Waals surface area contributed by atoms with Crippen LogP contribution in [0.4, 0.5) is 4.39 Å². The van der Waals surface area contributed by atoms with Crippen molar-refractivity contribution in [2.24, 2.45) is 22.6 Å². The van der Waals surface area contributed by atoms with Gasteiger partial charge in [0, 0.05) is 56.1 Å². The third kappa shape index (κ3) is 5.88. The van der Waals surface area contributed by atoms with Gasteiger partial charge in [0.25, 0.3) is 0 Å². The molecule has 1 saturated carbocycles. The summed E-state index contributed by atoms with van der Waals surface area (Å²) < 4.78 is 19.9. The Bertz CT molecular complexity index is 868. The standard InChI is InChI=1S/C27H46FN7O2/c1-4-16(2)20-6-5-18(28)12-31-17(3)25(26(29)32-20)27(36)33-21-13-30-8-7-22(21)35-10-9-34(19-14-37-15-19)23-11-24(23)35/h6,12,16-19,21-26,30,32H,4-5,7-11,13-15,29H2,1-3H3,(H,33,36)/b20-6-,31-12-. The molecule has 0 bridgehead atoms. The number of rotatable bonds is 6. The van der Waals surface area contributed by atoms with E-state index in [2.05, 4.69) is 44.6 Å². The molecule has 208 valence electrons. The second-order valence-electron chi connectivity index (χ2n) is 11.7. The van der Waals surface area contributed by atoms with Gasteiger partial charge in [-0.1, -0.05) is 19.9 Å². The van der Waals surface area contributed by atoms with Gasteiger partial charge < -0.3 is 26.4 Å². The highest BCUT2D eigenvalue weighted by Crippen LogP contribution is 2.41. The number of nitrogens with zero attached hydrogens (tertiary/aromatic N) is 3. The van der Waals surface area contributed by atoms with Gasteiger partial charge in [-0.3, -0.25) is 19.6 Å². The summed E-state index contributed by atoms with van der Waals surface area (Å²) in [6.45, 7) is 11.6. The third-order valence-corrected chi connectivity index (χ3v) is 9.21. The number of hydrogen-bond acceptors (Lipinski definition) is 8. The molecule has 0 aromatic rings. The highest BCUT2D eigenvalue weighted by Gasteiger charge is 2.54. The average molecular weight is 520 g/mol. The van der Waals surface area contributed by atoms with Crippen molar-refractivity contribution in [3.05, 3.63) is 11.8 Å². The van der Waals surface area contributed by atoms with Gasteiger partial charge in [0.15, 0.2) is 0 Å². The zero-order valence-electron chi connectivity index (χ0n) is 22.6. The van der Waals surface area contributed by atoms with Crippen LogP contribution in [0.5, 0.6) is 0 Å². The van der Waals surface area contributed by atoms with E-state index >= 15 is 0 Å². The lowest BCUT2D eigenvalue weighted by Crippen LogP contribution is -2.65. The molecule has 4 heterocycles. The Morgan fingerprint density at radius 2 is 2.05 bits per heavy atom. The molecule has 5 aliphatic rings. The first-order valence-corrected chi connectivity index (χ1v) is 14.4. The molecule has 1 amide bonds. The van der Waals surface area contributed by atoms with Crippen LogP contribution in [-0.4, -0.2) is 110 Å². The van der Waals surface area contributed by atoms with Crippen LogP contribution in [0.2, 0.25) is 0 Å². The molecule has 9 nitrogen and oxygen atoms in total. The van der Waals surface area contributed by atoms with Gasteiger partial charge in [-0.15, -0.1) is 0 Å². The fraction of sp³-hybridized carbons (Fsp3) is 0.852. The van der Waals surface area contributed by atoms with Gasteiger partial charge in [-0.05, 0) is 38.6 Å². The smallest absolute Gasteiger partial charge is 0.229 e. The minimum absolute atomic E-state index is 0.00151. The number of piperazine rings is 1. The van der Waals surface area contributed by atoms with Crippen molar-refractivity contribution in [2.75, 3.05) is 39.4 Å². The van der Waals surface area contributed by atoms with Crippen molar-refractivity contribution < 1.29 is 13.9 Å². The zero-order valence-corrected chi connectivity index (χ0v) is 22.6. The van der Waals surface area contributed by atoms with Gasteiger partial charge in [0.1, 0.15) is 6.17 Å². The van der Waals surface area contributed by atoms with Gasteiger partial charge in [-0.25, -0.2) is 4.39 Å². The number of ether oxygens (including phenoxy) is 1. The summed E-state index contributed by atoms with van der Waals surface area (Å²) in [4.78, 5) is 23.5. The predicted molar refractivity (Wildman–Crippen MR) is 143 cm³/mol. The van der Waals surface area contributed by atoms with Gasteiger partial charge >= 0.3 is 0 Å². The molecule has 5 N–H and O–H groups in total. The van der Waals surface area contributed by atoms with E-state index in [0.29, 0.717) is 24.2 Å². The number of allylic oxidation sites excluding steroid dienone is 2. The van der Waals surface area contributed by atoms with Gasteiger partial charge in [0.05, 0.1) is 43.4 Å². The number of aliphatic imine (C=N–C) groups is 1. The molecule has 3 saturated heterocycles. The van der Waals surface area contributed by atoms with Crippen molar-refractivity contribution in [1.29, 1.82) is 0 Å². The molecule has 10 heteroatoms. The van der Waals surface area contributed by atoms with E-state index < -0.39 is 24.3 Å². The Kier molecular flexibility index (Phi) is 8.50. The van der Waals surface area contributed by atoms with Crippen LogP contribution >= 0.6 is 0 Å². The lowest BCUT2D eigenvalue weighted by molar-refractivity contribution is -0.128. The number of piperidine rings is 1. The maximum absolute atomic E-state index is 14.5. The topological polar surface area (TPSA) is 107 Å². The maximum atomic E-state index is 14.5. The maximum Gasteiger partial charge on any atom is 0.229 e. The third-order valence-electron chi connectivity index (χ3n) is 9.21. The van der Waals surface area contributed by atoms with Crippen molar-refractivity contribution in [3.8, 4) is 0 Å². The summed E-state index contributed by atoms with van der Waals surface area (Å²) in [5, 5.41) is 10.2. The number of nitrogens with one attached hydrogen (secondary N) is 3. The second kappa shape index (κ2) is 11.7. The van der Waals surface area contributed by atoms with Crippen LogP contribution in [0.3, 0.4) is 0 Å². The minimum atomic E-state index is -1.18. The van der Waals surface area contributed by atoms with Gasteiger partial charge in [-0.2, -0.15) is 0 Å². The first-order valence-electron chi connectivity index (χ1n) is 14.4. The highest BCUT2D eigenvalue weighted by molar-refractivity contribution is 5.81. The van der Waals surface area contributed by atoms with Crippen LogP contribution in [0.25, 0.3) is 0 Å². The molecule has 4 aliphatic heterocycles. The highest BCUT2D eigenvalue weighted by atomic mass is 19.1. The number of alkyl halides is 1. The molecule has 37 heavy (non-hydrogen) atoms. The molecule has 0 spiro atoms. The SMILES string of the molecule is CCC(C)/C1=C/CC(F)/C=N\C(C)C(C(=O)NC2CNCCC2N2CCN(C3COC3)C3CC32)C(N)N1. The molecule has 5 rings (SSSR count). The fourth-order valence-electron chi connectivity index (χ4n) is 6.60. The molecule has 9 atom stereocenters. The largest absolute Gasteiger partial charge is 0.378 e. The fourth-order valence-corrected chi connectivity index (χ4v) is 6.60. The molecule has 0 aromatic heterocycles. The zero-order chi connectivity index (χ0) is 26.1. The number of hydrogen-bond donors (Lipinski definition) is 4. The van der Waals surface area contributed by atoms with Crippen molar-refractivity contribution in [3.63, 3.8) is 0 Å². The summed E-state index contributed by atoms with van der Waals surface area (Å²) in [5.74, 6) is -0.515. The molecular formula is C27H46FN7O2. The van der Waals surface area contributed by atoms with Crippen LogP contribution in [0.1, 0.15) is 46.5 Å². The van der Waals surface area contributed by atoms with Crippen LogP contribution in [0.15, 0.2) is 16.8 Å². The van der Waals surface area contributed by atoms with Crippen molar-refractivity contribution in [1.82, 2.24) is 25.8 Å². The monoisotopic (exact) mass is 519 g/mol. The molecule has 9 unspecified atom stereocenters. The predicted octanol–water partition coefficient (Wildman–Crippen LogP) is 0.612. The summed E-state index contributed by atoms with van der Waals surface area (Å²) in [6.07, 6.45) is 4.81. The minimum Gasteiger partial charge on any atom is -0.378 e. The molecule has 1 aliphatic carbocycles. The molecule has 4 fully saturated rings. The first kappa shape index (κ1) is 27.0. The van der Waals surface area contributed by atoms with E-state index in [9.17, 15) is 9.18 Å². The number of nitrogens with two attached hydrogens (primary N) is 1. The Hall–Kier alpha value is -1.59. The van der Waals surface area contributed by atoms with E-state index in [0.717, 1.165) is 57.9 Å². The Labute approximate surface area is 220 Å². The number of carbonyl (C=O) groups is 1. The lowest BCUT2D eigenvalue weighted by atomic mass is 9.92. The second-order valence-corrected chi connectivity index (χ2v) is 11.7. The quantitative estimate of drug-likeness (QED) is 0.407. The summed E-state index contributed by atoms with van der Waals surface area (Å²) in [7, 11) is 0. The van der Waals surface area contributed by atoms with Crippen LogP contribution < -0.4 is 21.7 Å². The molecular weight excluding hydrogens is 473 g/mol. The van der Waals surface area contributed by atoms with Crippen molar-refractivity contribution in [2.45, 2.75) is 95.0 Å². The van der Waals surface area contributed by atoms with E-state index in [1.807, 2.05) is 13.0 Å². The van der Waals surface area contributed by atoms with Crippen LogP contribution in [-0.2, 0) is 9.53 Å². The number of fused-ring (bicyclic) bond motifs is 1. The van der Waals surface area contributed by atoms with E-state index in [1.165, 1.54) is 12.6 Å². The lowest BCUT2D eigenvalue weighted by Gasteiger charge is -2.47. The number of carbonyl (C=O) groups excluding carboxylic acids is 1. The number of amides is 1. The Balaban J connectivity index is 1.27. The van der Waals surface area contributed by atoms with E-state index in [1.54, 1.807) is 0 Å². The van der Waals surface area contributed by atoms with Gasteiger partial charge in [0.2, 0.25) is 5.91 Å². The Morgan fingerprint density at radius 3 is 2.78 bits per heavy atom. The van der Waals surface area contributed by atoms with E-state index in [-0.39, 0.29) is 24.3 Å². The molecule has 0 aromatic carbocycles. The number of halogens is 1. The average Bonchev–Trinajstić information content (AvgIpc) is 3.65. The van der Waals surface area contributed by atoms with Crippen LogP contribution in [0, 0.1) is 11.8 Å². The Morgan fingerprint density at radius 1 is 1.30 bits per heavy atom. The summed E-state index contributed by atoms with van der Waals surface area (Å²) in [6, 6.07) is 1.64. The summed E-state index contributed by atoms with van der Waals surface area (Å²) >= 11 is 0.